The second-order valence-electron chi connectivity index (χ2n) is 4.92. The Kier molecular flexibility index (Phi) is 4.03. The van der Waals surface area contributed by atoms with Crippen molar-refractivity contribution in [2.45, 2.75) is 18.9 Å². The summed E-state index contributed by atoms with van der Waals surface area (Å²) in [6, 6.07) is 7.52. The van der Waals surface area contributed by atoms with Gasteiger partial charge >= 0.3 is 0 Å². The van der Waals surface area contributed by atoms with Gasteiger partial charge in [0.05, 0.1) is 6.54 Å². The molecule has 0 radical (unpaired) electrons. The molecule has 1 fully saturated rings. The number of hydrogen-bond acceptors (Lipinski definition) is 5. The van der Waals surface area contributed by atoms with Crippen LogP contribution in [0.4, 0.5) is 0 Å². The molecule has 0 aliphatic carbocycles. The Bertz CT molecular complexity index is 658. The number of nitrogens with two attached hydrogens (primary N) is 1. The van der Waals surface area contributed by atoms with Crippen LogP contribution in [0.3, 0.4) is 0 Å². The number of benzene rings is 1. The predicted molar refractivity (Wildman–Crippen MR) is 80.2 cm³/mol. The topological polar surface area (TPSA) is 85.3 Å². The molecule has 0 spiro atoms. The molecule has 1 atom stereocenters. The third-order valence-electron chi connectivity index (χ3n) is 3.56. The first kappa shape index (κ1) is 14.2. The largest absolute Gasteiger partial charge is 0.337 e. The summed E-state index contributed by atoms with van der Waals surface area (Å²) in [5, 5.41) is 4.02. The van der Waals surface area contributed by atoms with E-state index in [0.29, 0.717) is 18.3 Å². The van der Waals surface area contributed by atoms with E-state index in [0.717, 1.165) is 22.9 Å². The number of carbonyl (C=O) groups is 1. The molecule has 1 amide bonds. The minimum atomic E-state index is -0.158. The van der Waals surface area contributed by atoms with Gasteiger partial charge in [0.25, 0.3) is 0 Å². The van der Waals surface area contributed by atoms with Crippen LogP contribution < -0.4 is 5.73 Å². The Balaban J connectivity index is 1.86. The molecule has 1 aromatic heterocycles. The Morgan fingerprint density at radius 3 is 3.14 bits per heavy atom. The van der Waals surface area contributed by atoms with E-state index in [1.807, 2.05) is 24.3 Å². The standard InChI is InChI=1S/C14H15BrN4O2/c15-10-4-1-3-9(7-10)13-17-14(21-18-13)11-5-2-6-19(11)12(20)8-16/h1,3-4,7,11H,2,5-6,8,16H2. The molecule has 6 nitrogen and oxygen atoms in total. The average Bonchev–Trinajstić information content (AvgIpc) is 3.15. The minimum absolute atomic E-state index is 0.00310. The summed E-state index contributed by atoms with van der Waals surface area (Å²) in [5.41, 5.74) is 6.31. The highest BCUT2D eigenvalue weighted by Gasteiger charge is 2.33. The number of amides is 1. The van der Waals surface area contributed by atoms with Crippen LogP contribution in [0.2, 0.25) is 0 Å². The molecule has 1 aliphatic heterocycles. The third-order valence-corrected chi connectivity index (χ3v) is 4.05. The van der Waals surface area contributed by atoms with E-state index in [-0.39, 0.29) is 18.5 Å². The van der Waals surface area contributed by atoms with Crippen LogP contribution in [0, 0.1) is 0 Å². The Morgan fingerprint density at radius 2 is 2.38 bits per heavy atom. The molecular formula is C14H15BrN4O2. The Morgan fingerprint density at radius 1 is 1.52 bits per heavy atom. The van der Waals surface area contributed by atoms with E-state index in [1.165, 1.54) is 0 Å². The van der Waals surface area contributed by atoms with Gasteiger partial charge in [0, 0.05) is 16.6 Å². The number of rotatable bonds is 3. The van der Waals surface area contributed by atoms with Crippen molar-refractivity contribution < 1.29 is 9.32 Å². The second-order valence-corrected chi connectivity index (χ2v) is 5.83. The molecule has 1 aliphatic rings. The monoisotopic (exact) mass is 350 g/mol. The van der Waals surface area contributed by atoms with Gasteiger partial charge in [-0.2, -0.15) is 4.98 Å². The Labute approximate surface area is 130 Å². The Hall–Kier alpha value is -1.73. The zero-order valence-electron chi connectivity index (χ0n) is 11.3. The fourth-order valence-corrected chi connectivity index (χ4v) is 2.95. The van der Waals surface area contributed by atoms with Gasteiger partial charge in [-0.25, -0.2) is 0 Å². The van der Waals surface area contributed by atoms with E-state index in [4.69, 9.17) is 10.3 Å². The molecular weight excluding hydrogens is 336 g/mol. The smallest absolute Gasteiger partial charge is 0.249 e. The maximum atomic E-state index is 11.8. The lowest BCUT2D eigenvalue weighted by molar-refractivity contribution is -0.131. The van der Waals surface area contributed by atoms with E-state index in [9.17, 15) is 4.79 Å². The van der Waals surface area contributed by atoms with Crippen molar-refractivity contribution in [2.75, 3.05) is 13.1 Å². The molecule has 1 unspecified atom stereocenters. The van der Waals surface area contributed by atoms with Gasteiger partial charge in [0.15, 0.2) is 0 Å². The van der Waals surface area contributed by atoms with Crippen LogP contribution >= 0.6 is 15.9 Å². The zero-order chi connectivity index (χ0) is 14.8. The molecule has 2 aromatic rings. The average molecular weight is 351 g/mol. The molecule has 0 bridgehead atoms. The fourth-order valence-electron chi connectivity index (χ4n) is 2.55. The number of hydrogen-bond donors (Lipinski definition) is 1. The van der Waals surface area contributed by atoms with Crippen molar-refractivity contribution in [1.82, 2.24) is 15.0 Å². The molecule has 0 saturated carbocycles. The normalized spacial score (nSPS) is 18.2. The van der Waals surface area contributed by atoms with E-state index < -0.39 is 0 Å². The van der Waals surface area contributed by atoms with E-state index in [2.05, 4.69) is 26.1 Å². The van der Waals surface area contributed by atoms with Crippen molar-refractivity contribution in [3.8, 4) is 11.4 Å². The van der Waals surface area contributed by atoms with Gasteiger partial charge in [0.1, 0.15) is 6.04 Å². The first-order chi connectivity index (χ1) is 10.2. The summed E-state index contributed by atoms with van der Waals surface area (Å²) in [7, 11) is 0. The summed E-state index contributed by atoms with van der Waals surface area (Å²) in [6.07, 6.45) is 1.75. The first-order valence-corrected chi connectivity index (χ1v) is 7.57. The molecule has 2 N–H and O–H groups in total. The molecule has 3 rings (SSSR count). The zero-order valence-corrected chi connectivity index (χ0v) is 12.9. The number of likely N-dealkylation sites (tertiary alicyclic amines) is 1. The lowest BCUT2D eigenvalue weighted by Crippen LogP contribution is -2.35. The maximum Gasteiger partial charge on any atom is 0.249 e. The van der Waals surface area contributed by atoms with Gasteiger partial charge in [-0.3, -0.25) is 4.79 Å². The quantitative estimate of drug-likeness (QED) is 0.916. The molecule has 21 heavy (non-hydrogen) atoms. The molecule has 1 saturated heterocycles. The first-order valence-electron chi connectivity index (χ1n) is 6.78. The summed E-state index contributed by atoms with van der Waals surface area (Å²) in [4.78, 5) is 18.0. The maximum absolute atomic E-state index is 11.8. The SMILES string of the molecule is NCC(=O)N1CCCC1c1nc(-c2cccc(Br)c2)no1. The van der Waals surface area contributed by atoms with Crippen LogP contribution in [0.5, 0.6) is 0 Å². The van der Waals surface area contributed by atoms with Crippen LogP contribution in [-0.4, -0.2) is 34.0 Å². The molecule has 110 valence electrons. The van der Waals surface area contributed by atoms with Gasteiger partial charge in [-0.15, -0.1) is 0 Å². The van der Waals surface area contributed by atoms with Crippen molar-refractivity contribution in [1.29, 1.82) is 0 Å². The van der Waals surface area contributed by atoms with Gasteiger partial charge in [0.2, 0.25) is 17.6 Å². The van der Waals surface area contributed by atoms with E-state index in [1.54, 1.807) is 4.90 Å². The number of aromatic nitrogens is 2. The molecule has 1 aromatic carbocycles. The van der Waals surface area contributed by atoms with Gasteiger partial charge in [-0.05, 0) is 25.0 Å². The van der Waals surface area contributed by atoms with Crippen molar-refractivity contribution >= 4 is 21.8 Å². The fraction of sp³-hybridized carbons (Fsp3) is 0.357. The van der Waals surface area contributed by atoms with Crippen molar-refractivity contribution in [2.24, 2.45) is 5.73 Å². The molecule has 2 heterocycles. The summed E-state index contributed by atoms with van der Waals surface area (Å²) in [5.74, 6) is 0.919. The van der Waals surface area contributed by atoms with E-state index >= 15 is 0 Å². The van der Waals surface area contributed by atoms with Crippen LogP contribution in [-0.2, 0) is 4.79 Å². The summed E-state index contributed by atoms with van der Waals surface area (Å²) < 4.78 is 6.31. The highest BCUT2D eigenvalue weighted by atomic mass is 79.9. The summed E-state index contributed by atoms with van der Waals surface area (Å²) >= 11 is 3.42. The highest BCUT2D eigenvalue weighted by molar-refractivity contribution is 9.10. The van der Waals surface area contributed by atoms with Gasteiger partial charge < -0.3 is 15.2 Å². The number of nitrogens with zero attached hydrogens (tertiary/aromatic N) is 3. The lowest BCUT2D eigenvalue weighted by atomic mass is 10.2. The highest BCUT2D eigenvalue weighted by Crippen LogP contribution is 2.32. The van der Waals surface area contributed by atoms with Crippen molar-refractivity contribution in [3.05, 3.63) is 34.6 Å². The second kappa shape index (κ2) is 5.95. The third kappa shape index (κ3) is 2.84. The van der Waals surface area contributed by atoms with Crippen LogP contribution in [0.15, 0.2) is 33.3 Å². The number of carbonyl (C=O) groups excluding carboxylic acids is 1. The molecule has 7 heteroatoms. The predicted octanol–water partition coefficient (Wildman–Crippen LogP) is 2.12. The van der Waals surface area contributed by atoms with Crippen LogP contribution in [0.25, 0.3) is 11.4 Å². The number of halogens is 1. The van der Waals surface area contributed by atoms with Crippen LogP contribution in [0.1, 0.15) is 24.8 Å². The minimum Gasteiger partial charge on any atom is -0.337 e. The lowest BCUT2D eigenvalue weighted by Gasteiger charge is -2.20. The van der Waals surface area contributed by atoms with Crippen molar-refractivity contribution in [3.63, 3.8) is 0 Å². The van der Waals surface area contributed by atoms with Gasteiger partial charge in [-0.1, -0.05) is 33.2 Å². The summed E-state index contributed by atoms with van der Waals surface area (Å²) in [6.45, 7) is 0.693.